The summed E-state index contributed by atoms with van der Waals surface area (Å²) < 4.78 is 54.0. The Labute approximate surface area is 351 Å². The van der Waals surface area contributed by atoms with Crippen LogP contribution in [0.2, 0.25) is 0 Å². The van der Waals surface area contributed by atoms with Crippen molar-refractivity contribution in [1.82, 2.24) is 0 Å². The van der Waals surface area contributed by atoms with Crippen molar-refractivity contribution in [3.05, 3.63) is 30.0 Å². The van der Waals surface area contributed by atoms with Crippen molar-refractivity contribution in [2.45, 2.75) is 224 Å². The van der Waals surface area contributed by atoms with Gasteiger partial charge in [-0.05, 0) is 76.4 Å². The van der Waals surface area contributed by atoms with E-state index in [1.807, 2.05) is 0 Å². The molecule has 6 atom stereocenters. The van der Waals surface area contributed by atoms with Gasteiger partial charge in [0.15, 0.2) is 12.4 Å². The second-order valence-electron chi connectivity index (χ2n) is 15.8. The van der Waals surface area contributed by atoms with Crippen LogP contribution in [0, 0.1) is 0 Å². The first-order valence-electron chi connectivity index (χ1n) is 22.6. The molecular weight excluding hydrogens is 765 g/mol. The van der Waals surface area contributed by atoms with E-state index in [2.05, 4.69) is 43.9 Å². The maximum Gasteiger partial charge on any atom is 0.306 e. The first-order valence-corrected chi connectivity index (χ1v) is 24.2. The van der Waals surface area contributed by atoms with E-state index >= 15 is 0 Å². The molecule has 0 saturated carbocycles. The lowest BCUT2D eigenvalue weighted by Gasteiger charge is -2.40. The van der Waals surface area contributed by atoms with Crippen LogP contribution in [0.5, 0.6) is 0 Å². The summed E-state index contributed by atoms with van der Waals surface area (Å²) in [4.78, 5) is 25.4. The molecule has 1 heterocycles. The van der Waals surface area contributed by atoms with Crippen molar-refractivity contribution >= 4 is 22.1 Å². The number of aliphatic hydroxyl groups excluding tert-OH is 3. The van der Waals surface area contributed by atoms with Gasteiger partial charge in [0.25, 0.3) is 10.1 Å². The number of unbranched alkanes of at least 4 members (excludes halogenated alkanes) is 21. The predicted molar refractivity (Wildman–Crippen MR) is 228 cm³/mol. The Bertz CT molecular complexity index is 1230. The normalized spacial score (nSPS) is 20.1. The maximum atomic E-state index is 12.8. The third-order valence-electron chi connectivity index (χ3n) is 10.3. The molecule has 12 nitrogen and oxygen atoms in total. The number of aliphatic hydroxyl groups is 3. The van der Waals surface area contributed by atoms with E-state index in [4.69, 9.17) is 18.9 Å². The molecule has 1 aliphatic rings. The van der Waals surface area contributed by atoms with Gasteiger partial charge in [0, 0.05) is 12.8 Å². The van der Waals surface area contributed by atoms with Gasteiger partial charge in [-0.1, -0.05) is 122 Å². The Morgan fingerprint density at radius 3 is 1.64 bits per heavy atom. The van der Waals surface area contributed by atoms with Gasteiger partial charge in [0.1, 0.15) is 36.8 Å². The second kappa shape index (κ2) is 35.6. The van der Waals surface area contributed by atoms with Gasteiger partial charge in [-0.3, -0.25) is 14.1 Å². The highest BCUT2D eigenvalue weighted by Crippen LogP contribution is 2.24. The van der Waals surface area contributed by atoms with Crippen molar-refractivity contribution in [3.8, 4) is 0 Å². The SMILES string of the molecule is CCCCCCCC=C=CCCCCCCCC(=O)OC[C@H](CO[C@H]1O[C@H](CS(=O)(=O)O)[C@@H](O)C(O)C1O)OC(=O)CCCC/C=C/CCCCCCCCCCC. The van der Waals surface area contributed by atoms with E-state index in [-0.39, 0.29) is 19.4 Å². The highest BCUT2D eigenvalue weighted by atomic mass is 32.2. The molecule has 0 amide bonds. The molecule has 0 aromatic carbocycles. The lowest BCUT2D eigenvalue weighted by Crippen LogP contribution is -2.60. The fraction of sp³-hybridized carbons (Fsp3) is 0.844. The monoisotopic (exact) mass is 845 g/mol. The number of carbonyl (C=O) groups is 2. The minimum absolute atomic E-state index is 0.131. The average molecular weight is 845 g/mol. The molecule has 2 unspecified atom stereocenters. The zero-order chi connectivity index (χ0) is 42.7. The molecule has 0 aromatic rings. The van der Waals surface area contributed by atoms with Crippen LogP contribution in [0.25, 0.3) is 0 Å². The van der Waals surface area contributed by atoms with Gasteiger partial charge in [-0.15, -0.1) is 5.73 Å². The molecule has 4 N–H and O–H groups in total. The number of allylic oxidation sites excluding steroid dienone is 3. The number of rotatable bonds is 37. The Hall–Kier alpha value is -2.09. The minimum atomic E-state index is -4.61. The molecule has 1 aliphatic heterocycles. The topological polar surface area (TPSA) is 186 Å². The summed E-state index contributed by atoms with van der Waals surface area (Å²) in [6, 6.07) is 0. The molecule has 58 heavy (non-hydrogen) atoms. The highest BCUT2D eigenvalue weighted by molar-refractivity contribution is 7.85. The van der Waals surface area contributed by atoms with E-state index in [9.17, 15) is 37.9 Å². The van der Waals surface area contributed by atoms with E-state index < -0.39 is 71.2 Å². The molecule has 0 radical (unpaired) electrons. The number of hydrogen-bond donors (Lipinski definition) is 4. The van der Waals surface area contributed by atoms with E-state index in [1.54, 1.807) is 0 Å². The Kier molecular flexibility index (Phi) is 33.1. The summed E-state index contributed by atoms with van der Waals surface area (Å²) in [7, 11) is -4.61. The number of hydrogen-bond acceptors (Lipinski definition) is 11. The molecule has 13 heteroatoms. The zero-order valence-corrected chi connectivity index (χ0v) is 36.8. The molecule has 1 rings (SSSR count). The summed E-state index contributed by atoms with van der Waals surface area (Å²) in [5.74, 6) is -2.03. The van der Waals surface area contributed by atoms with Gasteiger partial charge < -0.3 is 34.3 Å². The molecular formula is C45H80O12S. The van der Waals surface area contributed by atoms with Crippen molar-refractivity contribution in [3.63, 3.8) is 0 Å². The van der Waals surface area contributed by atoms with Crippen LogP contribution in [0.3, 0.4) is 0 Å². The summed E-state index contributed by atoms with van der Waals surface area (Å²) in [6.07, 6.45) is 27.2. The van der Waals surface area contributed by atoms with Crippen molar-refractivity contribution in [2.75, 3.05) is 19.0 Å². The number of esters is 2. The van der Waals surface area contributed by atoms with Crippen LogP contribution in [-0.2, 0) is 38.7 Å². The lowest BCUT2D eigenvalue weighted by atomic mass is 10.00. The van der Waals surface area contributed by atoms with Gasteiger partial charge in [-0.25, -0.2) is 0 Å². The van der Waals surface area contributed by atoms with Crippen LogP contribution in [-0.4, -0.2) is 96.0 Å². The van der Waals surface area contributed by atoms with Crippen LogP contribution in [0.15, 0.2) is 30.0 Å². The summed E-state index contributed by atoms with van der Waals surface area (Å²) in [5, 5.41) is 30.9. The molecule has 0 aliphatic carbocycles. The molecule has 0 spiro atoms. The zero-order valence-electron chi connectivity index (χ0n) is 35.9. The standard InChI is InChI=1S/C45H80O12S/c1-3-5-7-9-11-13-15-17-19-21-23-25-27-29-31-33-40(46)54-35-38(36-55-45-44(50)43(49)42(48)39(57-45)37-58(51,52)53)56-41(47)34-32-30-28-26-24-22-20-18-16-14-12-10-8-6-4-2/h15,19,24,26,38-39,42-45,48-50H,3-14,16,18,20-23,25,27-37H2,1-2H3,(H,51,52,53)/b26-24+/t17?,38-,39-,42-,43?,44?,45+/m1/s1. The molecule has 0 aromatic heterocycles. The number of carbonyl (C=O) groups excluding carboxylic acids is 2. The summed E-state index contributed by atoms with van der Waals surface area (Å²) in [5.41, 5.74) is 3.28. The Morgan fingerprint density at radius 2 is 1.09 bits per heavy atom. The van der Waals surface area contributed by atoms with Gasteiger partial charge in [-0.2, -0.15) is 8.42 Å². The fourth-order valence-corrected chi connectivity index (χ4v) is 7.40. The molecule has 338 valence electrons. The molecule has 0 bridgehead atoms. The van der Waals surface area contributed by atoms with Crippen molar-refractivity contribution < 1.29 is 56.8 Å². The van der Waals surface area contributed by atoms with Crippen LogP contribution < -0.4 is 0 Å². The van der Waals surface area contributed by atoms with Crippen LogP contribution in [0.1, 0.15) is 187 Å². The predicted octanol–water partition coefficient (Wildman–Crippen LogP) is 8.99. The fourth-order valence-electron chi connectivity index (χ4n) is 6.71. The van der Waals surface area contributed by atoms with Crippen LogP contribution in [0.4, 0.5) is 0 Å². The third-order valence-corrected chi connectivity index (χ3v) is 11.0. The Morgan fingerprint density at radius 1 is 0.621 bits per heavy atom. The van der Waals surface area contributed by atoms with Gasteiger partial charge in [0.2, 0.25) is 0 Å². The van der Waals surface area contributed by atoms with Crippen molar-refractivity contribution in [2.24, 2.45) is 0 Å². The smallest absolute Gasteiger partial charge is 0.306 e. The largest absolute Gasteiger partial charge is 0.462 e. The van der Waals surface area contributed by atoms with E-state index in [0.717, 1.165) is 57.8 Å². The summed E-state index contributed by atoms with van der Waals surface area (Å²) >= 11 is 0. The molecule has 1 fully saturated rings. The highest BCUT2D eigenvalue weighted by Gasteiger charge is 2.46. The van der Waals surface area contributed by atoms with Crippen molar-refractivity contribution in [1.29, 1.82) is 0 Å². The van der Waals surface area contributed by atoms with E-state index in [1.165, 1.54) is 89.9 Å². The number of ether oxygens (including phenoxy) is 4. The quantitative estimate of drug-likeness (QED) is 0.0153. The second-order valence-corrected chi connectivity index (χ2v) is 17.3. The minimum Gasteiger partial charge on any atom is -0.462 e. The maximum absolute atomic E-state index is 12.8. The molecule has 1 saturated heterocycles. The van der Waals surface area contributed by atoms with Crippen LogP contribution >= 0.6 is 0 Å². The van der Waals surface area contributed by atoms with Gasteiger partial charge in [0.05, 0.1) is 6.61 Å². The summed E-state index contributed by atoms with van der Waals surface area (Å²) in [6.45, 7) is 3.71. The van der Waals surface area contributed by atoms with E-state index in [0.29, 0.717) is 12.8 Å². The first kappa shape index (κ1) is 53.9. The first-order chi connectivity index (χ1) is 28.0. The average Bonchev–Trinajstić information content (AvgIpc) is 3.18. The third kappa shape index (κ3) is 30.0. The Balaban J connectivity index is 2.48. The lowest BCUT2D eigenvalue weighted by molar-refractivity contribution is -0.297. The van der Waals surface area contributed by atoms with Gasteiger partial charge >= 0.3 is 11.9 Å².